The molecule has 5 rings (SSSR count). The minimum absolute atomic E-state index is 0.0999. The number of piperazine rings is 1. The van der Waals surface area contributed by atoms with E-state index in [0.29, 0.717) is 30.1 Å². The Labute approximate surface area is 216 Å². The highest BCUT2D eigenvalue weighted by Crippen LogP contribution is 2.30. The van der Waals surface area contributed by atoms with E-state index in [1.807, 2.05) is 54.6 Å². The first-order valence-corrected chi connectivity index (χ1v) is 12.5. The van der Waals surface area contributed by atoms with Gasteiger partial charge in [0.2, 0.25) is 0 Å². The molecule has 4 aromatic rings. The van der Waals surface area contributed by atoms with E-state index in [2.05, 4.69) is 47.9 Å². The lowest BCUT2D eigenvalue weighted by molar-refractivity contribution is -0.145. The van der Waals surface area contributed by atoms with Crippen molar-refractivity contribution >= 4 is 28.5 Å². The first-order valence-electron chi connectivity index (χ1n) is 12.5. The average molecular weight is 492 g/mol. The molecule has 37 heavy (non-hydrogen) atoms. The van der Waals surface area contributed by atoms with Crippen molar-refractivity contribution in [2.75, 3.05) is 36.0 Å². The maximum absolute atomic E-state index is 13.1. The number of nitrogens with zero attached hydrogens (tertiary/aromatic N) is 5. The number of fused-ring (bicyclic) bond motifs is 1. The number of hydrogen-bond acceptors (Lipinski definition) is 7. The number of esters is 1. The Morgan fingerprint density at radius 3 is 2.24 bits per heavy atom. The van der Waals surface area contributed by atoms with Crippen LogP contribution in [0.5, 0.6) is 0 Å². The van der Waals surface area contributed by atoms with Crippen molar-refractivity contribution in [3.63, 3.8) is 0 Å². The molecule has 0 bridgehead atoms. The SMILES string of the molecule is Cc1cccc(N2CCN(c3nc4ccccc4nc3[C@@H](C#N)C(=O)OCc3ccccc3)CC2)c1C. The molecule has 186 valence electrons. The number of anilines is 2. The molecule has 0 radical (unpaired) electrons. The van der Waals surface area contributed by atoms with Crippen LogP contribution in [0.25, 0.3) is 11.0 Å². The van der Waals surface area contributed by atoms with E-state index in [-0.39, 0.29) is 6.61 Å². The zero-order valence-corrected chi connectivity index (χ0v) is 21.1. The van der Waals surface area contributed by atoms with Crippen molar-refractivity contribution in [2.24, 2.45) is 0 Å². The maximum atomic E-state index is 13.1. The third-order valence-electron chi connectivity index (χ3n) is 6.94. The number of hydrogen-bond donors (Lipinski definition) is 0. The van der Waals surface area contributed by atoms with Crippen molar-refractivity contribution in [3.05, 3.63) is 95.2 Å². The number of ether oxygens (including phenoxy) is 1. The van der Waals surface area contributed by atoms with E-state index in [1.165, 1.54) is 16.8 Å². The largest absolute Gasteiger partial charge is 0.460 e. The Morgan fingerprint density at radius 1 is 0.892 bits per heavy atom. The summed E-state index contributed by atoms with van der Waals surface area (Å²) < 4.78 is 5.53. The van der Waals surface area contributed by atoms with Gasteiger partial charge in [-0.15, -0.1) is 0 Å². The summed E-state index contributed by atoms with van der Waals surface area (Å²) in [6.45, 7) is 7.38. The average Bonchev–Trinajstić information content (AvgIpc) is 2.94. The lowest BCUT2D eigenvalue weighted by Crippen LogP contribution is -2.47. The summed E-state index contributed by atoms with van der Waals surface area (Å²) in [5, 5.41) is 10.0. The normalized spacial score (nSPS) is 14.3. The topological polar surface area (TPSA) is 82.4 Å². The highest BCUT2D eigenvalue weighted by atomic mass is 16.5. The zero-order chi connectivity index (χ0) is 25.8. The van der Waals surface area contributed by atoms with Crippen molar-refractivity contribution in [1.82, 2.24) is 9.97 Å². The van der Waals surface area contributed by atoms with Gasteiger partial charge < -0.3 is 14.5 Å². The van der Waals surface area contributed by atoms with Gasteiger partial charge in [-0.3, -0.25) is 4.79 Å². The number of benzene rings is 3. The van der Waals surface area contributed by atoms with Crippen LogP contribution in [-0.2, 0) is 16.1 Å². The standard InChI is InChI=1S/C30H29N5O2/c1-21-9-8-14-27(22(21)2)34-15-17-35(18-16-34)29-28(32-25-12-6-7-13-26(25)33-29)24(19-31)30(36)37-20-23-10-4-3-5-11-23/h3-14,24H,15-18,20H2,1-2H3/t24-/m1/s1. The van der Waals surface area contributed by atoms with Gasteiger partial charge in [0.15, 0.2) is 11.7 Å². The second-order valence-corrected chi connectivity index (χ2v) is 9.27. The van der Waals surface area contributed by atoms with E-state index in [0.717, 1.165) is 24.2 Å². The molecule has 0 amide bonds. The van der Waals surface area contributed by atoms with Gasteiger partial charge in [0.05, 0.1) is 17.1 Å². The van der Waals surface area contributed by atoms with Crippen LogP contribution in [0.2, 0.25) is 0 Å². The van der Waals surface area contributed by atoms with Crippen molar-refractivity contribution in [3.8, 4) is 6.07 Å². The third-order valence-corrected chi connectivity index (χ3v) is 6.94. The van der Waals surface area contributed by atoms with Crippen LogP contribution in [-0.4, -0.2) is 42.1 Å². The van der Waals surface area contributed by atoms with E-state index in [9.17, 15) is 10.1 Å². The summed E-state index contributed by atoms with van der Waals surface area (Å²) in [5.41, 5.74) is 6.38. The molecule has 7 nitrogen and oxygen atoms in total. The lowest BCUT2D eigenvalue weighted by Gasteiger charge is -2.38. The third kappa shape index (κ3) is 5.10. The number of carbonyl (C=O) groups is 1. The molecule has 0 unspecified atom stereocenters. The van der Waals surface area contributed by atoms with Crippen LogP contribution in [0.15, 0.2) is 72.8 Å². The number of aryl methyl sites for hydroxylation is 1. The van der Waals surface area contributed by atoms with Crippen molar-refractivity contribution in [2.45, 2.75) is 26.4 Å². The smallest absolute Gasteiger partial charge is 0.330 e. The molecule has 0 N–H and O–H groups in total. The summed E-state index contributed by atoms with van der Waals surface area (Å²) in [6, 6.07) is 25.5. The summed E-state index contributed by atoms with van der Waals surface area (Å²) >= 11 is 0. The Hall–Kier alpha value is -4.44. The molecule has 2 heterocycles. The van der Waals surface area contributed by atoms with Gasteiger partial charge in [0.25, 0.3) is 0 Å². The highest BCUT2D eigenvalue weighted by Gasteiger charge is 2.31. The lowest BCUT2D eigenvalue weighted by atomic mass is 10.0. The van der Waals surface area contributed by atoms with Gasteiger partial charge in [0.1, 0.15) is 12.3 Å². The molecule has 1 aliphatic heterocycles. The van der Waals surface area contributed by atoms with Gasteiger partial charge in [0, 0.05) is 31.9 Å². The molecule has 1 atom stereocenters. The Bertz CT molecular complexity index is 1460. The van der Waals surface area contributed by atoms with Crippen LogP contribution in [0.1, 0.15) is 28.3 Å². The molecule has 1 aromatic heterocycles. The molecule has 0 aliphatic carbocycles. The molecule has 1 fully saturated rings. The summed E-state index contributed by atoms with van der Waals surface area (Å²) in [6.07, 6.45) is 0. The molecule has 3 aromatic carbocycles. The molecular weight excluding hydrogens is 462 g/mol. The predicted octanol–water partition coefficient (Wildman–Crippen LogP) is 4.92. The quantitative estimate of drug-likeness (QED) is 0.354. The Balaban J connectivity index is 1.42. The number of para-hydroxylation sites is 2. The maximum Gasteiger partial charge on any atom is 0.330 e. The van der Waals surface area contributed by atoms with E-state index in [4.69, 9.17) is 14.7 Å². The molecule has 1 saturated heterocycles. The van der Waals surface area contributed by atoms with Gasteiger partial charge >= 0.3 is 5.97 Å². The fraction of sp³-hybridized carbons (Fsp3) is 0.267. The molecule has 7 heteroatoms. The van der Waals surface area contributed by atoms with Gasteiger partial charge in [-0.1, -0.05) is 54.6 Å². The van der Waals surface area contributed by atoms with Crippen LogP contribution < -0.4 is 9.80 Å². The summed E-state index contributed by atoms with van der Waals surface area (Å²) in [7, 11) is 0. The summed E-state index contributed by atoms with van der Waals surface area (Å²) in [4.78, 5) is 27.2. The number of aromatic nitrogens is 2. The van der Waals surface area contributed by atoms with Crippen LogP contribution >= 0.6 is 0 Å². The Morgan fingerprint density at radius 2 is 1.54 bits per heavy atom. The second kappa shape index (κ2) is 10.7. The predicted molar refractivity (Wildman–Crippen MR) is 144 cm³/mol. The molecular formula is C30H29N5O2. The van der Waals surface area contributed by atoms with Gasteiger partial charge in [-0.2, -0.15) is 5.26 Å². The van der Waals surface area contributed by atoms with Crippen LogP contribution in [0, 0.1) is 25.2 Å². The fourth-order valence-electron chi connectivity index (χ4n) is 4.71. The minimum atomic E-state index is -1.17. The highest BCUT2D eigenvalue weighted by molar-refractivity contribution is 5.85. The zero-order valence-electron chi connectivity index (χ0n) is 21.1. The van der Waals surface area contributed by atoms with E-state index >= 15 is 0 Å². The molecule has 0 saturated carbocycles. The number of rotatable bonds is 6. The van der Waals surface area contributed by atoms with Gasteiger partial charge in [-0.25, -0.2) is 9.97 Å². The Kier molecular flexibility index (Phi) is 7.00. The number of nitriles is 1. The van der Waals surface area contributed by atoms with Gasteiger partial charge in [-0.05, 0) is 48.7 Å². The number of carbonyl (C=O) groups excluding carboxylic acids is 1. The first-order chi connectivity index (χ1) is 18.0. The molecule has 0 spiro atoms. The first kappa shape index (κ1) is 24.3. The fourth-order valence-corrected chi connectivity index (χ4v) is 4.71. The monoisotopic (exact) mass is 491 g/mol. The van der Waals surface area contributed by atoms with E-state index < -0.39 is 11.9 Å². The second-order valence-electron chi connectivity index (χ2n) is 9.27. The van der Waals surface area contributed by atoms with Crippen molar-refractivity contribution < 1.29 is 9.53 Å². The van der Waals surface area contributed by atoms with E-state index in [1.54, 1.807) is 0 Å². The summed E-state index contributed by atoms with van der Waals surface area (Å²) in [5.74, 6) is -1.22. The van der Waals surface area contributed by atoms with Crippen LogP contribution in [0.4, 0.5) is 11.5 Å². The minimum Gasteiger partial charge on any atom is -0.460 e. The van der Waals surface area contributed by atoms with Crippen LogP contribution in [0.3, 0.4) is 0 Å². The molecule has 1 aliphatic rings. The van der Waals surface area contributed by atoms with Crippen molar-refractivity contribution in [1.29, 1.82) is 5.26 Å².